The third kappa shape index (κ3) is 5.47. The quantitative estimate of drug-likeness (QED) is 0.526. The highest BCUT2D eigenvalue weighted by atomic mass is 19.1. The fourth-order valence-corrected chi connectivity index (χ4v) is 3.68. The minimum atomic E-state index is -0.771. The van der Waals surface area contributed by atoms with Crippen LogP contribution in [0.2, 0.25) is 0 Å². The van der Waals surface area contributed by atoms with Crippen LogP contribution in [0.15, 0.2) is 46.0 Å². The molecule has 1 amide bonds. The predicted octanol–water partition coefficient (Wildman–Crippen LogP) is 3.92. The van der Waals surface area contributed by atoms with Gasteiger partial charge >= 0.3 is 5.69 Å². The first kappa shape index (κ1) is 24.2. The normalized spacial score (nSPS) is 12.0. The number of aromatic nitrogens is 2. The number of fused-ring (bicyclic) bond motifs is 1. The zero-order valence-corrected chi connectivity index (χ0v) is 18.9. The van der Waals surface area contributed by atoms with E-state index in [4.69, 9.17) is 4.74 Å². The van der Waals surface area contributed by atoms with Gasteiger partial charge in [-0.1, -0.05) is 6.92 Å². The van der Waals surface area contributed by atoms with E-state index in [1.54, 1.807) is 25.1 Å². The second-order valence-corrected chi connectivity index (χ2v) is 7.88. The second kappa shape index (κ2) is 10.4. The van der Waals surface area contributed by atoms with Gasteiger partial charge in [0.2, 0.25) is 5.91 Å². The molecule has 1 aromatic heterocycles. The van der Waals surface area contributed by atoms with Crippen molar-refractivity contribution < 1.29 is 18.3 Å². The van der Waals surface area contributed by atoms with Crippen molar-refractivity contribution in [3.05, 3.63) is 68.9 Å². The van der Waals surface area contributed by atoms with Crippen molar-refractivity contribution in [2.24, 2.45) is 5.92 Å². The molecule has 0 spiro atoms. The van der Waals surface area contributed by atoms with Crippen molar-refractivity contribution in [2.75, 3.05) is 11.9 Å². The number of ether oxygens (including phenoxy) is 1. The van der Waals surface area contributed by atoms with Gasteiger partial charge in [-0.15, -0.1) is 0 Å². The number of nitrogens with zero attached hydrogens (tertiary/aromatic N) is 2. The highest BCUT2D eigenvalue weighted by Crippen LogP contribution is 2.20. The Hall–Kier alpha value is -3.49. The molecule has 0 saturated carbocycles. The molecule has 0 bridgehead atoms. The first-order valence-corrected chi connectivity index (χ1v) is 10.9. The van der Waals surface area contributed by atoms with Crippen LogP contribution in [0.1, 0.15) is 33.6 Å². The van der Waals surface area contributed by atoms with Gasteiger partial charge in [-0.2, -0.15) is 0 Å². The monoisotopic (exact) mass is 459 g/mol. The first-order valence-electron chi connectivity index (χ1n) is 10.9. The summed E-state index contributed by atoms with van der Waals surface area (Å²) in [7, 11) is 0. The lowest BCUT2D eigenvalue weighted by Gasteiger charge is -2.14. The zero-order valence-electron chi connectivity index (χ0n) is 18.9. The number of carbonyl (C=O) groups excluding carboxylic acids is 1. The number of amides is 1. The molecule has 1 heterocycles. The molecule has 0 saturated heterocycles. The van der Waals surface area contributed by atoms with Crippen LogP contribution in [-0.2, 0) is 17.9 Å². The SMILES string of the molecule is CCn1c(=O)c2cc(NC(=O)CC(C)CCOc3ccc(F)cc3F)ccc2n(CC)c1=O. The summed E-state index contributed by atoms with van der Waals surface area (Å²) in [5, 5.41) is 3.15. The summed E-state index contributed by atoms with van der Waals surface area (Å²) in [6.07, 6.45) is 0.687. The van der Waals surface area contributed by atoms with E-state index >= 15 is 0 Å². The molecule has 1 N–H and O–H groups in total. The van der Waals surface area contributed by atoms with Crippen molar-refractivity contribution in [1.82, 2.24) is 9.13 Å². The van der Waals surface area contributed by atoms with Crippen LogP contribution in [0.5, 0.6) is 5.75 Å². The highest BCUT2D eigenvalue weighted by molar-refractivity contribution is 5.93. The fraction of sp³-hybridized carbons (Fsp3) is 0.375. The molecule has 33 heavy (non-hydrogen) atoms. The molecule has 0 aliphatic carbocycles. The molecule has 0 radical (unpaired) electrons. The van der Waals surface area contributed by atoms with Crippen LogP contribution in [0.25, 0.3) is 10.9 Å². The maximum Gasteiger partial charge on any atom is 0.331 e. The standard InChI is InChI=1S/C24H27F2N3O4/c1-4-28-20-8-7-17(14-18(20)23(31)29(5-2)24(28)32)27-22(30)12-15(3)10-11-33-21-9-6-16(25)13-19(21)26/h6-9,13-15H,4-5,10-12H2,1-3H3,(H,27,30). The Morgan fingerprint density at radius 1 is 1.06 bits per heavy atom. The van der Waals surface area contributed by atoms with Gasteiger partial charge in [0.15, 0.2) is 11.6 Å². The van der Waals surface area contributed by atoms with Crippen molar-refractivity contribution in [3.8, 4) is 5.75 Å². The van der Waals surface area contributed by atoms with Gasteiger partial charge in [-0.25, -0.2) is 13.6 Å². The van der Waals surface area contributed by atoms with E-state index in [-0.39, 0.29) is 42.8 Å². The van der Waals surface area contributed by atoms with E-state index in [0.29, 0.717) is 29.6 Å². The Morgan fingerprint density at radius 2 is 1.79 bits per heavy atom. The molecule has 3 rings (SSSR count). The largest absolute Gasteiger partial charge is 0.491 e. The average Bonchev–Trinajstić information content (AvgIpc) is 2.76. The molecule has 0 fully saturated rings. The van der Waals surface area contributed by atoms with E-state index < -0.39 is 17.2 Å². The van der Waals surface area contributed by atoms with Gasteiger partial charge in [-0.3, -0.25) is 18.7 Å². The van der Waals surface area contributed by atoms with Gasteiger partial charge in [0, 0.05) is 31.3 Å². The number of carbonyl (C=O) groups is 1. The minimum Gasteiger partial charge on any atom is -0.491 e. The zero-order chi connectivity index (χ0) is 24.1. The van der Waals surface area contributed by atoms with Crippen LogP contribution in [0.3, 0.4) is 0 Å². The van der Waals surface area contributed by atoms with Crippen LogP contribution in [-0.4, -0.2) is 21.6 Å². The predicted molar refractivity (Wildman–Crippen MR) is 123 cm³/mol. The van der Waals surface area contributed by atoms with Crippen LogP contribution in [0, 0.1) is 17.6 Å². The second-order valence-electron chi connectivity index (χ2n) is 7.88. The molecule has 0 aliphatic rings. The molecule has 1 unspecified atom stereocenters. The molecular formula is C24H27F2N3O4. The van der Waals surface area contributed by atoms with Crippen LogP contribution >= 0.6 is 0 Å². The van der Waals surface area contributed by atoms with E-state index in [9.17, 15) is 23.2 Å². The summed E-state index contributed by atoms with van der Waals surface area (Å²) in [5.41, 5.74) is 0.238. The first-order chi connectivity index (χ1) is 15.7. The molecule has 3 aromatic rings. The van der Waals surface area contributed by atoms with Gasteiger partial charge in [0.25, 0.3) is 5.56 Å². The Morgan fingerprint density at radius 3 is 2.45 bits per heavy atom. The van der Waals surface area contributed by atoms with Gasteiger partial charge in [-0.05, 0) is 56.5 Å². The lowest BCUT2D eigenvalue weighted by Crippen LogP contribution is -2.39. The minimum absolute atomic E-state index is 0.0347. The smallest absolute Gasteiger partial charge is 0.331 e. The van der Waals surface area contributed by atoms with Crippen molar-refractivity contribution in [2.45, 2.75) is 46.7 Å². The highest BCUT2D eigenvalue weighted by Gasteiger charge is 2.14. The molecular weight excluding hydrogens is 432 g/mol. The number of aryl methyl sites for hydroxylation is 1. The maximum atomic E-state index is 13.6. The summed E-state index contributed by atoms with van der Waals surface area (Å²) in [5.74, 6) is -1.78. The summed E-state index contributed by atoms with van der Waals surface area (Å²) < 4.78 is 34.6. The van der Waals surface area contributed by atoms with Crippen LogP contribution in [0.4, 0.5) is 14.5 Å². The fourth-order valence-electron chi connectivity index (χ4n) is 3.68. The Kier molecular flexibility index (Phi) is 7.63. The molecule has 0 aliphatic heterocycles. The van der Waals surface area contributed by atoms with E-state index in [1.165, 1.54) is 15.2 Å². The van der Waals surface area contributed by atoms with Crippen molar-refractivity contribution >= 4 is 22.5 Å². The van der Waals surface area contributed by atoms with Gasteiger partial charge in [0.1, 0.15) is 5.82 Å². The molecule has 176 valence electrons. The number of anilines is 1. The molecule has 9 heteroatoms. The lowest BCUT2D eigenvalue weighted by molar-refractivity contribution is -0.117. The van der Waals surface area contributed by atoms with E-state index in [0.717, 1.165) is 12.1 Å². The van der Waals surface area contributed by atoms with E-state index in [2.05, 4.69) is 5.32 Å². The number of halogens is 2. The summed E-state index contributed by atoms with van der Waals surface area (Å²) in [4.78, 5) is 37.7. The molecule has 1 atom stereocenters. The third-order valence-corrected chi connectivity index (χ3v) is 5.44. The van der Waals surface area contributed by atoms with Crippen LogP contribution < -0.4 is 21.3 Å². The summed E-state index contributed by atoms with van der Waals surface area (Å²) >= 11 is 0. The summed E-state index contributed by atoms with van der Waals surface area (Å²) in [6.45, 7) is 6.28. The van der Waals surface area contributed by atoms with E-state index in [1.807, 2.05) is 13.8 Å². The third-order valence-electron chi connectivity index (χ3n) is 5.44. The Bertz CT molecular complexity index is 1280. The lowest BCUT2D eigenvalue weighted by atomic mass is 10.0. The van der Waals surface area contributed by atoms with Gasteiger partial charge < -0.3 is 10.1 Å². The van der Waals surface area contributed by atoms with Crippen molar-refractivity contribution in [1.29, 1.82) is 0 Å². The topological polar surface area (TPSA) is 82.3 Å². The molecule has 2 aromatic carbocycles. The van der Waals surface area contributed by atoms with Gasteiger partial charge in [0.05, 0.1) is 17.5 Å². The Labute approximate surface area is 189 Å². The Balaban J connectivity index is 1.64. The number of rotatable bonds is 9. The maximum absolute atomic E-state index is 13.6. The molecule has 7 nitrogen and oxygen atoms in total. The average molecular weight is 459 g/mol. The number of hydrogen-bond acceptors (Lipinski definition) is 4. The number of nitrogens with one attached hydrogen (secondary N) is 1. The van der Waals surface area contributed by atoms with Crippen molar-refractivity contribution in [3.63, 3.8) is 0 Å². The summed E-state index contributed by atoms with van der Waals surface area (Å²) in [6, 6.07) is 8.00. The number of hydrogen-bond donors (Lipinski definition) is 1. The number of benzene rings is 2.